The molecule has 0 unspecified atom stereocenters. The average Bonchev–Trinajstić information content (AvgIpc) is 2.54. The van der Waals surface area contributed by atoms with Crippen LogP contribution in [0, 0.1) is 17.0 Å². The van der Waals surface area contributed by atoms with Crippen LogP contribution >= 0.6 is 0 Å². The summed E-state index contributed by atoms with van der Waals surface area (Å²) in [7, 11) is 0. The van der Waals surface area contributed by atoms with E-state index in [0.29, 0.717) is 0 Å². The van der Waals surface area contributed by atoms with Gasteiger partial charge in [0.05, 0.1) is 12.4 Å². The van der Waals surface area contributed by atoms with Crippen molar-refractivity contribution in [2.45, 2.75) is 25.8 Å². The lowest BCUT2D eigenvalue weighted by atomic mass is 10.0. The molecule has 0 bridgehead atoms. The SMILES string of the molecule is CC1(C)[C@H](N)[C@H]1c1c(F)cncc1F. The van der Waals surface area contributed by atoms with Crippen molar-refractivity contribution in [1.82, 2.24) is 4.98 Å². The summed E-state index contributed by atoms with van der Waals surface area (Å²) in [6.07, 6.45) is 2.05. The molecule has 14 heavy (non-hydrogen) atoms. The molecule has 0 radical (unpaired) electrons. The van der Waals surface area contributed by atoms with E-state index in [2.05, 4.69) is 4.98 Å². The summed E-state index contributed by atoms with van der Waals surface area (Å²) in [5.41, 5.74) is 5.62. The summed E-state index contributed by atoms with van der Waals surface area (Å²) >= 11 is 0. The van der Waals surface area contributed by atoms with Gasteiger partial charge in [-0.2, -0.15) is 0 Å². The second kappa shape index (κ2) is 2.73. The minimum absolute atomic E-state index is 0.0810. The van der Waals surface area contributed by atoms with Crippen LogP contribution in [0.1, 0.15) is 25.3 Å². The number of nitrogens with zero attached hydrogens (tertiary/aromatic N) is 1. The summed E-state index contributed by atoms with van der Waals surface area (Å²) < 4.78 is 26.6. The average molecular weight is 198 g/mol. The first-order valence-electron chi connectivity index (χ1n) is 4.50. The van der Waals surface area contributed by atoms with Gasteiger partial charge >= 0.3 is 0 Å². The van der Waals surface area contributed by atoms with Crippen molar-refractivity contribution in [1.29, 1.82) is 0 Å². The maximum atomic E-state index is 13.3. The third kappa shape index (κ3) is 1.14. The number of rotatable bonds is 1. The molecule has 2 N–H and O–H groups in total. The molecule has 2 rings (SSSR count). The van der Waals surface area contributed by atoms with Gasteiger partial charge in [0, 0.05) is 17.5 Å². The maximum Gasteiger partial charge on any atom is 0.147 e. The van der Waals surface area contributed by atoms with Gasteiger partial charge in [0.15, 0.2) is 0 Å². The number of hydrogen-bond donors (Lipinski definition) is 1. The van der Waals surface area contributed by atoms with E-state index in [1.807, 2.05) is 13.8 Å². The third-order valence-corrected chi connectivity index (χ3v) is 3.11. The van der Waals surface area contributed by atoms with Crippen molar-refractivity contribution in [3.8, 4) is 0 Å². The highest BCUT2D eigenvalue weighted by atomic mass is 19.1. The fourth-order valence-corrected chi connectivity index (χ4v) is 1.95. The molecule has 1 saturated carbocycles. The quantitative estimate of drug-likeness (QED) is 0.747. The minimum Gasteiger partial charge on any atom is -0.327 e. The Hall–Kier alpha value is -1.03. The molecule has 2 atom stereocenters. The Morgan fingerprint density at radius 1 is 1.29 bits per heavy atom. The van der Waals surface area contributed by atoms with Gasteiger partial charge < -0.3 is 5.73 Å². The molecule has 1 fully saturated rings. The zero-order valence-electron chi connectivity index (χ0n) is 8.09. The van der Waals surface area contributed by atoms with Crippen LogP contribution in [0.5, 0.6) is 0 Å². The zero-order valence-corrected chi connectivity index (χ0v) is 8.09. The van der Waals surface area contributed by atoms with E-state index in [4.69, 9.17) is 5.73 Å². The first-order valence-corrected chi connectivity index (χ1v) is 4.50. The van der Waals surface area contributed by atoms with E-state index >= 15 is 0 Å². The molecule has 1 aliphatic rings. The Kier molecular flexibility index (Phi) is 1.86. The molecule has 1 aromatic heterocycles. The van der Waals surface area contributed by atoms with Crippen molar-refractivity contribution in [3.63, 3.8) is 0 Å². The molecule has 0 spiro atoms. The van der Waals surface area contributed by atoms with Crippen molar-refractivity contribution in [3.05, 3.63) is 29.6 Å². The number of halogens is 2. The van der Waals surface area contributed by atoms with Crippen LogP contribution in [0.2, 0.25) is 0 Å². The van der Waals surface area contributed by atoms with Crippen LogP contribution in [0.25, 0.3) is 0 Å². The van der Waals surface area contributed by atoms with E-state index in [9.17, 15) is 8.78 Å². The van der Waals surface area contributed by atoms with Gasteiger partial charge in [-0.05, 0) is 5.41 Å². The minimum atomic E-state index is -0.601. The van der Waals surface area contributed by atoms with Crippen LogP contribution in [-0.4, -0.2) is 11.0 Å². The van der Waals surface area contributed by atoms with Crippen LogP contribution < -0.4 is 5.73 Å². The van der Waals surface area contributed by atoms with Crippen molar-refractivity contribution in [2.75, 3.05) is 0 Å². The molecule has 1 heterocycles. The maximum absolute atomic E-state index is 13.3. The highest BCUT2D eigenvalue weighted by Crippen LogP contribution is 2.58. The predicted octanol–water partition coefficient (Wildman–Crippen LogP) is 1.81. The van der Waals surface area contributed by atoms with Crippen molar-refractivity contribution < 1.29 is 8.78 Å². The lowest BCUT2D eigenvalue weighted by Crippen LogP contribution is -2.07. The zero-order chi connectivity index (χ0) is 10.5. The highest BCUT2D eigenvalue weighted by Gasteiger charge is 2.58. The van der Waals surface area contributed by atoms with Gasteiger partial charge in [-0.25, -0.2) is 8.78 Å². The van der Waals surface area contributed by atoms with Gasteiger partial charge in [-0.3, -0.25) is 4.98 Å². The largest absolute Gasteiger partial charge is 0.327 e. The van der Waals surface area contributed by atoms with Crippen LogP contribution in [0.15, 0.2) is 12.4 Å². The van der Waals surface area contributed by atoms with Crippen molar-refractivity contribution in [2.24, 2.45) is 11.1 Å². The standard InChI is InChI=1S/C10H12F2N2/c1-10(2)8(9(10)13)7-5(11)3-14-4-6(7)12/h3-4,8-9H,13H2,1-2H3/t8-,9-/m1/s1. The molecular weight excluding hydrogens is 186 g/mol. The summed E-state index contributed by atoms with van der Waals surface area (Å²) in [6.45, 7) is 3.81. The van der Waals surface area contributed by atoms with Crippen LogP contribution in [0.4, 0.5) is 8.78 Å². The Labute approximate surface area is 81.1 Å². The summed E-state index contributed by atoms with van der Waals surface area (Å²) in [5.74, 6) is -1.43. The van der Waals surface area contributed by atoms with Gasteiger partial charge in [0.1, 0.15) is 11.6 Å². The molecule has 1 aliphatic carbocycles. The highest BCUT2D eigenvalue weighted by molar-refractivity contribution is 5.34. The third-order valence-electron chi connectivity index (χ3n) is 3.11. The monoisotopic (exact) mass is 198 g/mol. The molecule has 0 amide bonds. The molecule has 1 aromatic rings. The van der Waals surface area contributed by atoms with Crippen molar-refractivity contribution >= 4 is 0 Å². The Morgan fingerprint density at radius 2 is 1.71 bits per heavy atom. The Balaban J connectivity index is 2.44. The molecule has 0 aliphatic heterocycles. The van der Waals surface area contributed by atoms with E-state index in [0.717, 1.165) is 12.4 Å². The van der Waals surface area contributed by atoms with Crippen LogP contribution in [0.3, 0.4) is 0 Å². The number of pyridine rings is 1. The topological polar surface area (TPSA) is 38.9 Å². The Morgan fingerprint density at radius 3 is 2.07 bits per heavy atom. The lowest BCUT2D eigenvalue weighted by Gasteiger charge is -2.04. The van der Waals surface area contributed by atoms with E-state index in [1.54, 1.807) is 0 Å². The summed E-state index contributed by atoms with van der Waals surface area (Å²) in [4.78, 5) is 3.44. The van der Waals surface area contributed by atoms with Gasteiger partial charge in [-0.15, -0.1) is 0 Å². The van der Waals surface area contributed by atoms with Gasteiger partial charge in [-0.1, -0.05) is 13.8 Å². The first kappa shape index (κ1) is 9.52. The molecule has 0 saturated heterocycles. The first-order chi connectivity index (χ1) is 6.46. The second-order valence-electron chi connectivity index (χ2n) is 4.34. The van der Waals surface area contributed by atoms with E-state index in [1.165, 1.54) is 0 Å². The second-order valence-corrected chi connectivity index (χ2v) is 4.34. The van der Waals surface area contributed by atoms with E-state index < -0.39 is 11.6 Å². The van der Waals surface area contributed by atoms with Gasteiger partial charge in [0.25, 0.3) is 0 Å². The molecule has 0 aromatic carbocycles. The summed E-state index contributed by atoms with van der Waals surface area (Å²) in [6, 6.07) is -0.172. The molecular formula is C10H12F2N2. The number of nitrogens with two attached hydrogens (primary N) is 1. The Bertz CT molecular complexity index is 356. The molecule has 2 nitrogen and oxygen atoms in total. The van der Waals surface area contributed by atoms with Crippen LogP contribution in [-0.2, 0) is 0 Å². The molecule has 4 heteroatoms. The number of hydrogen-bond acceptors (Lipinski definition) is 2. The molecule has 76 valence electrons. The summed E-state index contributed by atoms with van der Waals surface area (Å²) in [5, 5.41) is 0. The fraction of sp³-hybridized carbons (Fsp3) is 0.500. The normalized spacial score (nSPS) is 28.9. The van der Waals surface area contributed by atoms with Gasteiger partial charge in [0.2, 0.25) is 0 Å². The van der Waals surface area contributed by atoms with E-state index in [-0.39, 0.29) is 22.9 Å². The lowest BCUT2D eigenvalue weighted by molar-refractivity contribution is 0.523. The number of aromatic nitrogens is 1. The fourth-order valence-electron chi connectivity index (χ4n) is 1.95. The smallest absolute Gasteiger partial charge is 0.147 e. The predicted molar refractivity (Wildman–Crippen MR) is 48.7 cm³/mol.